The Kier molecular flexibility index (Phi) is 19.4. The van der Waals surface area contributed by atoms with E-state index in [2.05, 4.69) is 102 Å². The molecule has 0 aliphatic rings. The first-order chi connectivity index (χ1) is 14.9. The van der Waals surface area contributed by atoms with E-state index in [1.54, 1.807) is 5.92 Å². The lowest BCUT2D eigenvalue weighted by molar-refractivity contribution is -0.929. The third-order valence-electron chi connectivity index (χ3n) is 8.07. The second-order valence-electron chi connectivity index (χ2n) is 14.2. The minimum Gasteiger partial charge on any atom is -1.00 e. The lowest BCUT2D eigenvalue weighted by atomic mass is 9.84. The summed E-state index contributed by atoms with van der Waals surface area (Å²) in [6, 6.07) is 0. The second-order valence-corrected chi connectivity index (χ2v) is 25.2. The maximum absolute atomic E-state index is 2.56. The van der Waals surface area contributed by atoms with E-state index in [1.165, 1.54) is 82.0 Å². The molecule has 1 radical (unpaired) electrons. The molecule has 0 fully saturated rings. The van der Waals surface area contributed by atoms with Gasteiger partial charge < -0.3 is 9.19 Å². The maximum atomic E-state index is 2.56. The minimum absolute atomic E-state index is 0. The average Bonchev–Trinajstić information content (AvgIpc) is 2.63. The SMILES string of the molecule is CCCC[N+](CCCC)(CCCC)CCCC.C[C](C)C(C(C)(C)C)([Si](C)(C)C)[Si](C)(C)C.[F-]. The summed E-state index contributed by atoms with van der Waals surface area (Å²) < 4.78 is 1.93. The van der Waals surface area contributed by atoms with E-state index in [9.17, 15) is 0 Å². The van der Waals surface area contributed by atoms with Crippen LogP contribution in [-0.2, 0) is 0 Å². The summed E-state index contributed by atoms with van der Waals surface area (Å²) in [6.07, 6.45) is 11.1. The van der Waals surface area contributed by atoms with E-state index >= 15 is 0 Å². The van der Waals surface area contributed by atoms with Gasteiger partial charge in [-0.2, -0.15) is 0 Å². The molecule has 0 unspecified atom stereocenters. The normalized spacial score (nSPS) is 13.4. The molecule has 0 bridgehead atoms. The highest BCUT2D eigenvalue weighted by Gasteiger charge is 2.60. The van der Waals surface area contributed by atoms with Crippen LogP contribution in [0.5, 0.6) is 0 Å². The Morgan fingerprint density at radius 2 is 0.794 bits per heavy atom. The molecule has 0 aromatic rings. The van der Waals surface area contributed by atoms with Crippen LogP contribution in [0.2, 0.25) is 43.9 Å². The highest BCUT2D eigenvalue weighted by Crippen LogP contribution is 2.64. The fourth-order valence-corrected chi connectivity index (χ4v) is 24.8. The van der Waals surface area contributed by atoms with Crippen molar-refractivity contribution in [3.05, 3.63) is 5.92 Å². The third-order valence-corrected chi connectivity index (χ3v) is 19.6. The Labute approximate surface area is 220 Å². The molecule has 0 aromatic carbocycles. The number of unbranched alkanes of at least 4 members (excludes halogenated alkanes) is 4. The van der Waals surface area contributed by atoms with Gasteiger partial charge in [0.1, 0.15) is 0 Å². The van der Waals surface area contributed by atoms with Crippen molar-refractivity contribution in [3.8, 4) is 0 Å². The van der Waals surface area contributed by atoms with E-state index in [-0.39, 0.29) is 4.70 Å². The number of nitrogens with zero attached hydrogens (tertiary/aromatic N) is 1. The van der Waals surface area contributed by atoms with Crippen molar-refractivity contribution in [3.63, 3.8) is 0 Å². The molecular formula is C30H69FNSi2. The standard InChI is InChI=1S/C16H36N.C14H33Si2.FH/c1-5-9-13-17(14-10-6-2,15-11-7-3)16-12-8-4;1-12(2)14(13(3,4)5,15(6,7)8)16(9,10)11;/h5-16H2,1-4H3;1-11H3;1H/q+1;;/p-1. The van der Waals surface area contributed by atoms with Gasteiger partial charge in [0.15, 0.2) is 0 Å². The number of rotatable bonds is 15. The van der Waals surface area contributed by atoms with Crippen LogP contribution in [0.4, 0.5) is 0 Å². The Balaban J connectivity index is -0.000000550. The van der Waals surface area contributed by atoms with Gasteiger partial charge in [-0.3, -0.25) is 0 Å². The summed E-state index contributed by atoms with van der Waals surface area (Å²) in [5.41, 5.74) is 0.390. The fraction of sp³-hybridized carbons (Fsp3) is 0.967. The largest absolute Gasteiger partial charge is 1.00 e. The van der Waals surface area contributed by atoms with Gasteiger partial charge in [-0.25, -0.2) is 0 Å². The number of halogens is 1. The van der Waals surface area contributed by atoms with Gasteiger partial charge in [-0.15, -0.1) is 0 Å². The smallest absolute Gasteiger partial charge is 0.0786 e. The molecule has 0 saturated heterocycles. The van der Waals surface area contributed by atoms with Crippen molar-refractivity contribution in [1.82, 2.24) is 0 Å². The van der Waals surface area contributed by atoms with Crippen LogP contribution in [0.3, 0.4) is 0 Å². The molecule has 0 rings (SSSR count). The van der Waals surface area contributed by atoms with Crippen LogP contribution < -0.4 is 4.70 Å². The molecule has 1 nitrogen and oxygen atoms in total. The molecule has 34 heavy (non-hydrogen) atoms. The van der Waals surface area contributed by atoms with Crippen molar-refractivity contribution in [2.75, 3.05) is 26.2 Å². The zero-order valence-electron chi connectivity index (χ0n) is 26.8. The Morgan fingerprint density at radius 3 is 0.882 bits per heavy atom. The molecule has 0 heterocycles. The van der Waals surface area contributed by atoms with Gasteiger partial charge >= 0.3 is 0 Å². The maximum Gasteiger partial charge on any atom is 0.0786 e. The zero-order chi connectivity index (χ0) is 26.6. The third kappa shape index (κ3) is 11.2. The second kappa shape index (κ2) is 16.9. The van der Waals surface area contributed by atoms with E-state index < -0.39 is 16.1 Å². The first kappa shape index (κ1) is 38.8. The summed E-state index contributed by atoms with van der Waals surface area (Å²) in [5.74, 6) is 1.68. The van der Waals surface area contributed by atoms with Crippen molar-refractivity contribution < 1.29 is 9.19 Å². The van der Waals surface area contributed by atoms with Crippen LogP contribution in [0.1, 0.15) is 114 Å². The van der Waals surface area contributed by atoms with Crippen LogP contribution in [0, 0.1) is 11.3 Å². The van der Waals surface area contributed by atoms with E-state index in [4.69, 9.17) is 0 Å². The predicted molar refractivity (Wildman–Crippen MR) is 163 cm³/mol. The Morgan fingerprint density at radius 1 is 0.559 bits per heavy atom. The van der Waals surface area contributed by atoms with Crippen LogP contribution in [-0.4, -0.2) is 46.8 Å². The lowest BCUT2D eigenvalue weighted by Crippen LogP contribution is -3.00. The number of hydrogen-bond donors (Lipinski definition) is 0. The quantitative estimate of drug-likeness (QED) is 0.154. The molecule has 0 aromatic heterocycles. The zero-order valence-corrected chi connectivity index (χ0v) is 28.8. The van der Waals surface area contributed by atoms with Crippen molar-refractivity contribution in [2.24, 2.45) is 5.41 Å². The monoisotopic (exact) mass is 518 g/mol. The predicted octanol–water partition coefficient (Wildman–Crippen LogP) is 7.61. The number of quaternary nitrogens is 1. The molecule has 0 N–H and O–H groups in total. The molecule has 0 saturated carbocycles. The first-order valence-electron chi connectivity index (χ1n) is 14.6. The molecule has 0 atom stereocenters. The minimum atomic E-state index is -1.25. The summed E-state index contributed by atoms with van der Waals surface area (Å²) in [5, 5.41) is 0. The van der Waals surface area contributed by atoms with E-state index in [0.29, 0.717) is 10.1 Å². The van der Waals surface area contributed by atoms with Gasteiger partial charge in [-0.1, -0.05) is 127 Å². The van der Waals surface area contributed by atoms with Crippen LogP contribution >= 0.6 is 0 Å². The van der Waals surface area contributed by atoms with E-state index in [0.717, 1.165) is 0 Å². The first-order valence-corrected chi connectivity index (χ1v) is 21.6. The van der Waals surface area contributed by atoms with Gasteiger partial charge in [0.05, 0.1) is 26.2 Å². The topological polar surface area (TPSA) is 0 Å². The summed E-state index contributed by atoms with van der Waals surface area (Å²) >= 11 is 0. The van der Waals surface area contributed by atoms with Gasteiger partial charge in [0.25, 0.3) is 0 Å². The Bertz CT molecular complexity index is 410. The van der Waals surface area contributed by atoms with Gasteiger partial charge in [-0.05, 0) is 41.7 Å². The highest BCUT2D eigenvalue weighted by molar-refractivity contribution is 6.99. The molecule has 209 valence electrons. The molecule has 0 spiro atoms. The van der Waals surface area contributed by atoms with Gasteiger partial charge in [0.2, 0.25) is 0 Å². The van der Waals surface area contributed by atoms with Crippen molar-refractivity contribution >= 4 is 16.1 Å². The number of hydrogen-bond acceptors (Lipinski definition) is 0. The average molecular weight is 519 g/mol. The van der Waals surface area contributed by atoms with Crippen molar-refractivity contribution in [2.45, 2.75) is 158 Å². The van der Waals surface area contributed by atoms with Crippen LogP contribution in [0.15, 0.2) is 0 Å². The molecule has 0 amide bonds. The molecular weight excluding hydrogens is 450 g/mol. The molecule has 0 aliphatic carbocycles. The fourth-order valence-electron chi connectivity index (χ4n) is 8.27. The molecule has 4 heteroatoms. The van der Waals surface area contributed by atoms with Gasteiger partial charge in [0, 0.05) is 16.1 Å². The molecule has 0 aliphatic heterocycles. The van der Waals surface area contributed by atoms with Crippen molar-refractivity contribution in [1.29, 1.82) is 0 Å². The lowest BCUT2D eigenvalue weighted by Gasteiger charge is -2.62. The summed E-state index contributed by atoms with van der Waals surface area (Å²) in [6.45, 7) is 42.5. The van der Waals surface area contributed by atoms with E-state index in [1.807, 2.05) is 0 Å². The highest BCUT2D eigenvalue weighted by atomic mass is 28.4. The summed E-state index contributed by atoms with van der Waals surface area (Å²) in [7, 11) is -2.49. The summed E-state index contributed by atoms with van der Waals surface area (Å²) in [4.78, 5) is 0. The van der Waals surface area contributed by atoms with Crippen LogP contribution in [0.25, 0.3) is 0 Å². The Hall–Kier alpha value is 0.324.